The van der Waals surface area contributed by atoms with Gasteiger partial charge in [0, 0.05) is 0 Å². The zero-order chi connectivity index (χ0) is 10.7. The summed E-state index contributed by atoms with van der Waals surface area (Å²) in [6.07, 6.45) is -0.0626. The van der Waals surface area contributed by atoms with Crippen LogP contribution in [0.3, 0.4) is 0 Å². The lowest BCUT2D eigenvalue weighted by atomic mass is 10.3. The topological polar surface area (TPSA) is 27.7 Å². The van der Waals surface area contributed by atoms with E-state index < -0.39 is 6.61 Å². The highest BCUT2D eigenvalue weighted by Crippen LogP contribution is 2.29. The molecule has 0 radical (unpaired) electrons. The van der Waals surface area contributed by atoms with Crippen molar-refractivity contribution in [3.8, 4) is 11.5 Å². The molecular formula is C10H10F2O3. The predicted molar refractivity (Wildman–Crippen MR) is 48.3 cm³/mol. The first-order valence-corrected chi connectivity index (χ1v) is 4.54. The Hall–Kier alpha value is -1.36. The van der Waals surface area contributed by atoms with Crippen LogP contribution in [0.2, 0.25) is 0 Å². The van der Waals surface area contributed by atoms with Crippen LogP contribution in [-0.2, 0) is 4.74 Å². The van der Waals surface area contributed by atoms with Gasteiger partial charge in [-0.05, 0) is 12.1 Å². The van der Waals surface area contributed by atoms with Gasteiger partial charge in [0.2, 0.25) is 0 Å². The Balaban J connectivity index is 2.06. The fourth-order valence-corrected chi connectivity index (χ4v) is 1.20. The number of halogens is 2. The summed E-state index contributed by atoms with van der Waals surface area (Å²) < 4.78 is 38.7. The number of hydrogen-bond acceptors (Lipinski definition) is 3. The third kappa shape index (κ3) is 2.56. The quantitative estimate of drug-likeness (QED) is 0.771. The smallest absolute Gasteiger partial charge is 0.387 e. The van der Waals surface area contributed by atoms with E-state index in [4.69, 9.17) is 9.47 Å². The maximum absolute atomic E-state index is 12.0. The van der Waals surface area contributed by atoms with Crippen molar-refractivity contribution in [1.29, 1.82) is 0 Å². The number of rotatable bonds is 4. The van der Waals surface area contributed by atoms with E-state index in [1.807, 2.05) is 0 Å². The van der Waals surface area contributed by atoms with Gasteiger partial charge in [0.15, 0.2) is 11.5 Å². The molecule has 2 rings (SSSR count). The summed E-state index contributed by atoms with van der Waals surface area (Å²) in [4.78, 5) is 0. The minimum absolute atomic E-state index is 0.0550. The van der Waals surface area contributed by atoms with Crippen LogP contribution in [0.5, 0.6) is 11.5 Å². The van der Waals surface area contributed by atoms with Crippen LogP contribution >= 0.6 is 0 Å². The third-order valence-electron chi connectivity index (χ3n) is 1.97. The second kappa shape index (κ2) is 4.44. The Morgan fingerprint density at radius 1 is 1.20 bits per heavy atom. The summed E-state index contributed by atoms with van der Waals surface area (Å²) >= 11 is 0. The zero-order valence-electron chi connectivity index (χ0n) is 7.86. The van der Waals surface area contributed by atoms with Crippen molar-refractivity contribution in [3.63, 3.8) is 0 Å². The van der Waals surface area contributed by atoms with Crippen molar-refractivity contribution in [2.45, 2.75) is 12.7 Å². The van der Waals surface area contributed by atoms with E-state index in [0.717, 1.165) is 0 Å². The molecule has 0 aromatic heterocycles. The fourth-order valence-electron chi connectivity index (χ4n) is 1.20. The Kier molecular flexibility index (Phi) is 3.01. The average Bonchev–Trinajstić information content (AvgIpc) is 2.13. The Morgan fingerprint density at radius 3 is 2.40 bits per heavy atom. The molecule has 0 spiro atoms. The highest BCUT2D eigenvalue weighted by Gasteiger charge is 2.22. The zero-order valence-corrected chi connectivity index (χ0v) is 7.86. The van der Waals surface area contributed by atoms with Crippen LogP contribution < -0.4 is 9.47 Å². The van der Waals surface area contributed by atoms with Crippen molar-refractivity contribution >= 4 is 0 Å². The normalized spacial score (nSPS) is 16.2. The number of alkyl halides is 2. The van der Waals surface area contributed by atoms with Gasteiger partial charge in [-0.15, -0.1) is 0 Å². The van der Waals surface area contributed by atoms with E-state index in [1.165, 1.54) is 6.07 Å². The summed E-state index contributed by atoms with van der Waals surface area (Å²) in [5.41, 5.74) is 0. The molecule has 1 heterocycles. The molecular weight excluding hydrogens is 206 g/mol. The van der Waals surface area contributed by atoms with Gasteiger partial charge in [0.25, 0.3) is 0 Å². The van der Waals surface area contributed by atoms with Gasteiger partial charge < -0.3 is 14.2 Å². The van der Waals surface area contributed by atoms with E-state index in [1.54, 1.807) is 18.2 Å². The number of benzene rings is 1. The lowest BCUT2D eigenvalue weighted by Gasteiger charge is -2.27. The third-order valence-corrected chi connectivity index (χ3v) is 1.97. The second-order valence-corrected chi connectivity index (χ2v) is 3.10. The summed E-state index contributed by atoms with van der Waals surface area (Å²) in [7, 11) is 0. The van der Waals surface area contributed by atoms with E-state index in [9.17, 15) is 8.78 Å². The van der Waals surface area contributed by atoms with E-state index in [0.29, 0.717) is 19.0 Å². The van der Waals surface area contributed by atoms with Gasteiger partial charge in [0.05, 0.1) is 13.2 Å². The number of para-hydroxylation sites is 2. The van der Waals surface area contributed by atoms with Gasteiger partial charge in [0.1, 0.15) is 6.10 Å². The van der Waals surface area contributed by atoms with Gasteiger partial charge in [-0.2, -0.15) is 8.78 Å². The first-order chi connectivity index (χ1) is 7.25. The summed E-state index contributed by atoms with van der Waals surface area (Å²) in [6, 6.07) is 6.35. The molecule has 1 saturated heterocycles. The van der Waals surface area contributed by atoms with E-state index in [-0.39, 0.29) is 11.9 Å². The lowest BCUT2D eigenvalue weighted by molar-refractivity contribution is -0.0852. The van der Waals surface area contributed by atoms with Gasteiger partial charge in [-0.1, -0.05) is 12.1 Å². The average molecular weight is 216 g/mol. The Bertz CT molecular complexity index is 326. The monoisotopic (exact) mass is 216 g/mol. The first-order valence-electron chi connectivity index (χ1n) is 4.54. The lowest BCUT2D eigenvalue weighted by Crippen LogP contribution is -2.38. The minimum Gasteiger partial charge on any atom is -0.482 e. The van der Waals surface area contributed by atoms with Crippen LogP contribution in [-0.4, -0.2) is 25.9 Å². The van der Waals surface area contributed by atoms with Crippen LogP contribution in [0.1, 0.15) is 0 Å². The minimum atomic E-state index is -2.84. The van der Waals surface area contributed by atoms with E-state index >= 15 is 0 Å². The molecule has 1 aliphatic heterocycles. The Labute approximate surface area is 85.6 Å². The molecule has 0 bridgehead atoms. The van der Waals surface area contributed by atoms with Crippen molar-refractivity contribution in [2.75, 3.05) is 13.2 Å². The van der Waals surface area contributed by atoms with Gasteiger partial charge >= 0.3 is 6.61 Å². The standard InChI is InChI=1S/C10H10F2O3/c11-10(12)15-9-4-2-1-3-8(9)14-7-5-13-6-7/h1-4,7,10H,5-6H2. The summed E-state index contributed by atoms with van der Waals surface area (Å²) in [6.45, 7) is -1.86. The van der Waals surface area contributed by atoms with Gasteiger partial charge in [-0.25, -0.2) is 0 Å². The molecule has 5 heteroatoms. The summed E-state index contributed by atoms with van der Waals surface area (Å²) in [5.74, 6) is 0.380. The van der Waals surface area contributed by atoms with Crippen LogP contribution in [0, 0.1) is 0 Å². The van der Waals surface area contributed by atoms with Crippen LogP contribution in [0.4, 0.5) is 8.78 Å². The molecule has 0 atom stereocenters. The largest absolute Gasteiger partial charge is 0.482 e. The van der Waals surface area contributed by atoms with Crippen molar-refractivity contribution < 1.29 is 23.0 Å². The fraction of sp³-hybridized carbons (Fsp3) is 0.400. The van der Waals surface area contributed by atoms with Crippen molar-refractivity contribution in [2.24, 2.45) is 0 Å². The molecule has 0 N–H and O–H groups in total. The molecule has 0 aliphatic carbocycles. The molecule has 1 aromatic carbocycles. The highest BCUT2D eigenvalue weighted by molar-refractivity contribution is 5.39. The molecule has 0 saturated carbocycles. The number of ether oxygens (including phenoxy) is 3. The molecule has 15 heavy (non-hydrogen) atoms. The first kappa shape index (κ1) is 10.2. The Morgan fingerprint density at radius 2 is 1.87 bits per heavy atom. The van der Waals surface area contributed by atoms with Crippen LogP contribution in [0.15, 0.2) is 24.3 Å². The maximum atomic E-state index is 12.0. The molecule has 82 valence electrons. The molecule has 0 amide bonds. The molecule has 1 aromatic rings. The van der Waals surface area contributed by atoms with Gasteiger partial charge in [-0.3, -0.25) is 0 Å². The molecule has 3 nitrogen and oxygen atoms in total. The summed E-state index contributed by atoms with van der Waals surface area (Å²) in [5, 5.41) is 0. The van der Waals surface area contributed by atoms with E-state index in [2.05, 4.69) is 4.74 Å². The maximum Gasteiger partial charge on any atom is 0.387 e. The SMILES string of the molecule is FC(F)Oc1ccccc1OC1COC1. The van der Waals surface area contributed by atoms with Crippen LogP contribution in [0.25, 0.3) is 0 Å². The highest BCUT2D eigenvalue weighted by atomic mass is 19.3. The molecule has 0 unspecified atom stereocenters. The predicted octanol–water partition coefficient (Wildman–Crippen LogP) is 2.07. The van der Waals surface area contributed by atoms with Crippen molar-refractivity contribution in [3.05, 3.63) is 24.3 Å². The van der Waals surface area contributed by atoms with Crippen molar-refractivity contribution in [1.82, 2.24) is 0 Å². The second-order valence-electron chi connectivity index (χ2n) is 3.10. The molecule has 1 aliphatic rings. The number of hydrogen-bond donors (Lipinski definition) is 0. The molecule has 1 fully saturated rings.